The topological polar surface area (TPSA) is 231 Å². The molecule has 6 aromatic rings. The number of imidazole rings is 2. The van der Waals surface area contributed by atoms with Crippen LogP contribution >= 0.6 is 39.1 Å². The molecule has 0 aliphatic heterocycles. The molecule has 2 aromatic carbocycles. The molecule has 0 atom stereocenters. The average molecular weight is 879 g/mol. The molecule has 288 valence electrons. The van der Waals surface area contributed by atoms with Crippen molar-refractivity contribution in [3.8, 4) is 0 Å². The summed E-state index contributed by atoms with van der Waals surface area (Å²) in [6, 6.07) is 14.5. The normalized spacial score (nSPS) is 10.5. The van der Waals surface area contributed by atoms with Gasteiger partial charge in [0.1, 0.15) is 0 Å². The van der Waals surface area contributed by atoms with Gasteiger partial charge < -0.3 is 20.2 Å². The molecule has 0 radical (unpaired) electrons. The zero-order valence-electron chi connectivity index (χ0n) is 31.3. The van der Waals surface area contributed by atoms with E-state index < -0.39 is 11.2 Å². The number of unbranched alkanes of at least 4 members (excludes halogenated alkanes) is 2. The molecule has 22 heteroatoms. The molecule has 56 heavy (non-hydrogen) atoms. The maximum atomic E-state index is 13.0. The van der Waals surface area contributed by atoms with Crippen molar-refractivity contribution in [1.29, 1.82) is 0 Å². The second-order valence-corrected chi connectivity index (χ2v) is 13.7. The molecule has 4 aromatic heterocycles. The number of fused-ring (bicyclic) bond motifs is 2. The van der Waals surface area contributed by atoms with Crippen LogP contribution in [0, 0.1) is 0 Å². The van der Waals surface area contributed by atoms with E-state index in [0.717, 1.165) is 30.4 Å². The second kappa shape index (κ2) is 21.1. The Labute approximate surface area is 359 Å². The molecule has 0 N–H and O–H groups in total. The molecule has 0 saturated carbocycles. The van der Waals surface area contributed by atoms with Crippen LogP contribution in [-0.2, 0) is 40.3 Å². The number of hydrogen-bond donors (Lipinski definition) is 0. The van der Waals surface area contributed by atoms with Crippen molar-refractivity contribution in [3.05, 3.63) is 143 Å². The summed E-state index contributed by atoms with van der Waals surface area (Å²) in [5.41, 5.74) is 23.9. The number of hydrogen-bond acceptors (Lipinski definition) is 7. The van der Waals surface area contributed by atoms with Gasteiger partial charge in [0.25, 0.3) is 11.1 Å². The van der Waals surface area contributed by atoms with Crippen LogP contribution in [0.2, 0.25) is 10.0 Å². The van der Waals surface area contributed by atoms with E-state index in [2.05, 4.69) is 35.9 Å². The molecular formula is C34H36BrCl2N14NaO4. The summed E-state index contributed by atoms with van der Waals surface area (Å²) >= 11 is 15.3. The van der Waals surface area contributed by atoms with Gasteiger partial charge >= 0.3 is 40.9 Å². The van der Waals surface area contributed by atoms with E-state index in [-0.39, 0.29) is 64.5 Å². The number of nitrogens with zero attached hydrogens (tertiary/aromatic N) is 14. The van der Waals surface area contributed by atoms with Crippen molar-refractivity contribution < 1.29 is 29.6 Å². The van der Waals surface area contributed by atoms with Crippen molar-refractivity contribution in [1.82, 2.24) is 37.4 Å². The van der Waals surface area contributed by atoms with Crippen LogP contribution in [-0.4, -0.2) is 37.4 Å². The summed E-state index contributed by atoms with van der Waals surface area (Å²) in [7, 11) is 3.19. The van der Waals surface area contributed by atoms with Gasteiger partial charge in [0.2, 0.25) is 0 Å². The van der Waals surface area contributed by atoms with E-state index >= 15 is 0 Å². The van der Waals surface area contributed by atoms with E-state index in [1.807, 2.05) is 38.1 Å². The Hall–Kier alpha value is -4.58. The summed E-state index contributed by atoms with van der Waals surface area (Å²) < 4.78 is 9.05. The number of rotatable bonds is 11. The molecule has 0 aliphatic carbocycles. The fourth-order valence-electron chi connectivity index (χ4n) is 5.69. The number of halogens is 3. The first-order valence-corrected chi connectivity index (χ1v) is 18.5. The Balaban J connectivity index is 0.000000277. The van der Waals surface area contributed by atoms with Crippen molar-refractivity contribution in [2.75, 3.05) is 0 Å². The van der Waals surface area contributed by atoms with Crippen molar-refractivity contribution in [3.63, 3.8) is 0 Å². The Morgan fingerprint density at radius 1 is 0.679 bits per heavy atom. The van der Waals surface area contributed by atoms with Gasteiger partial charge in [-0.2, -0.15) is 0 Å². The first kappa shape index (κ1) is 45.8. The molecule has 18 nitrogen and oxygen atoms in total. The van der Waals surface area contributed by atoms with Gasteiger partial charge in [-0.1, -0.05) is 74.2 Å². The third-order valence-electron chi connectivity index (χ3n) is 8.51. The first-order chi connectivity index (χ1) is 26.3. The molecule has 0 spiro atoms. The fraction of sp³-hybridized carbons (Fsp3) is 0.353. The van der Waals surface area contributed by atoms with Gasteiger partial charge in [-0.3, -0.25) is 32.8 Å². The average Bonchev–Trinajstić information content (AvgIpc) is 3.69. The molecule has 6 rings (SSSR count). The van der Waals surface area contributed by atoms with E-state index in [4.69, 9.17) is 39.8 Å². The predicted molar refractivity (Wildman–Crippen MR) is 216 cm³/mol. The maximum Gasteiger partial charge on any atom is 1.00 e. The number of azide groups is 1. The summed E-state index contributed by atoms with van der Waals surface area (Å²) in [6.07, 6.45) is 3.23. The number of aromatic nitrogens is 8. The molecular weight excluding hydrogens is 842 g/mol. The van der Waals surface area contributed by atoms with Gasteiger partial charge in [-0.15, -0.1) is 0 Å². The summed E-state index contributed by atoms with van der Waals surface area (Å²) in [5.74, 6) is 0.0304. The van der Waals surface area contributed by atoms with Gasteiger partial charge in [-0.05, 0) is 74.8 Å². The smallest absolute Gasteiger partial charge is 0.373 e. The van der Waals surface area contributed by atoms with Gasteiger partial charge in [0.15, 0.2) is 33.0 Å². The third-order valence-corrected chi connectivity index (χ3v) is 9.62. The van der Waals surface area contributed by atoms with Crippen LogP contribution < -0.4 is 52.1 Å². The Kier molecular flexibility index (Phi) is 17.2. The molecule has 0 aliphatic rings. The monoisotopic (exact) mass is 876 g/mol. The summed E-state index contributed by atoms with van der Waals surface area (Å²) in [6.45, 7) is 5.44. The summed E-state index contributed by atoms with van der Waals surface area (Å²) in [5, 5.41) is 4.85. The van der Waals surface area contributed by atoms with Crippen molar-refractivity contribution in [2.45, 2.75) is 65.7 Å². The number of benzene rings is 2. The van der Waals surface area contributed by atoms with Crippen LogP contribution in [0.4, 0.5) is 5.95 Å². The molecule has 0 saturated heterocycles. The molecule has 0 fully saturated rings. The van der Waals surface area contributed by atoms with Crippen LogP contribution in [0.25, 0.3) is 48.7 Å². The minimum Gasteiger partial charge on any atom is -0.373 e. The molecule has 0 unspecified atom stereocenters. The van der Waals surface area contributed by atoms with Crippen molar-refractivity contribution in [2.24, 2.45) is 19.2 Å². The minimum atomic E-state index is -0.442. The summed E-state index contributed by atoms with van der Waals surface area (Å²) in [4.78, 5) is 63.9. The molecule has 0 bridgehead atoms. The largest absolute Gasteiger partial charge is 1.00 e. The Bertz CT molecular complexity index is 2650. The third kappa shape index (κ3) is 10.2. The van der Waals surface area contributed by atoms with Crippen LogP contribution in [0.3, 0.4) is 0 Å². The van der Waals surface area contributed by atoms with Gasteiger partial charge in [-0.25, -0.2) is 19.6 Å². The van der Waals surface area contributed by atoms with E-state index in [1.165, 1.54) is 27.7 Å². The Morgan fingerprint density at radius 3 is 1.48 bits per heavy atom. The zero-order chi connectivity index (χ0) is 40.4. The molecule has 4 heterocycles. The maximum absolute atomic E-state index is 13.0. The standard InChI is InChI=1S/C17H18BrClN4O2.C17H18ClN7O2.N3.Na/c1-3-4-9-22-15(24)13-14(21(2)17(22)25)20-16(18)23(13)10-11-5-7-12(19)8-6-11;1-3-4-9-24-15(26)13-14(23(2)17(24)27)20-16(21-22-19)25(13)10-11-5-7-12(18)8-6-11;1-3-2;/h5-8H,3-4,9-10H2,1-2H3;5-8H,3-4,9-10H2,1-2H3;;/q;;-1;+1. The second-order valence-electron chi connectivity index (χ2n) is 12.1. The van der Waals surface area contributed by atoms with Crippen LogP contribution in [0.1, 0.15) is 50.7 Å². The van der Waals surface area contributed by atoms with E-state index in [0.29, 0.717) is 52.0 Å². The fourth-order valence-corrected chi connectivity index (χ4v) is 6.41. The van der Waals surface area contributed by atoms with E-state index in [9.17, 15) is 19.2 Å². The van der Waals surface area contributed by atoms with Crippen LogP contribution in [0.5, 0.6) is 0 Å². The SMILES string of the molecule is CCCCn1c(=O)c2c(nc(Br)n2Cc2ccc(Cl)cc2)n(C)c1=O.CCCCn1c(=O)c2c(nc(N=[N+]=[N-])n2Cc2ccc(Cl)cc2)n(C)c1=O.[N-]=[N+]=[N-].[Na+]. The van der Waals surface area contributed by atoms with E-state index in [1.54, 1.807) is 42.9 Å². The number of aryl methyl sites for hydroxylation is 2. The van der Waals surface area contributed by atoms with Crippen molar-refractivity contribution >= 4 is 67.4 Å². The Morgan fingerprint density at radius 2 is 1.07 bits per heavy atom. The van der Waals surface area contributed by atoms with Gasteiger partial charge in [0, 0.05) is 48.7 Å². The predicted octanol–water partition coefficient (Wildman–Crippen LogP) is 4.37. The quantitative estimate of drug-likeness (QED) is 0.0603. The zero-order valence-corrected chi connectivity index (χ0v) is 36.4. The minimum absolute atomic E-state index is 0. The van der Waals surface area contributed by atoms with Gasteiger partial charge in [0.05, 0.1) is 6.54 Å². The van der Waals surface area contributed by atoms with Crippen LogP contribution in [0.15, 0.2) is 77.6 Å². The first-order valence-electron chi connectivity index (χ1n) is 16.9. The molecule has 0 amide bonds.